The third-order valence-corrected chi connectivity index (χ3v) is 8.93. The predicted octanol–water partition coefficient (Wildman–Crippen LogP) is 6.55. The van der Waals surface area contributed by atoms with Crippen LogP contribution in [0, 0.1) is 0 Å². The van der Waals surface area contributed by atoms with E-state index < -0.39 is 0 Å². The highest BCUT2D eigenvalue weighted by atomic mass is 35.5. The van der Waals surface area contributed by atoms with Gasteiger partial charge < -0.3 is 19.1 Å². The number of amides is 2. The van der Waals surface area contributed by atoms with Gasteiger partial charge in [0.05, 0.1) is 30.0 Å². The number of hydrogen-bond acceptors (Lipinski definition) is 4. The van der Waals surface area contributed by atoms with Gasteiger partial charge in [-0.1, -0.05) is 30.9 Å². The van der Waals surface area contributed by atoms with E-state index >= 15 is 0 Å². The van der Waals surface area contributed by atoms with Crippen LogP contribution < -0.4 is 4.90 Å². The molecule has 0 unspecified atom stereocenters. The minimum absolute atomic E-state index is 0.00805. The zero-order valence-electron chi connectivity index (χ0n) is 23.1. The van der Waals surface area contributed by atoms with Crippen LogP contribution in [0.1, 0.15) is 80.3 Å². The third-order valence-electron chi connectivity index (χ3n) is 8.70. The number of rotatable bonds is 5. The molecule has 210 valence electrons. The van der Waals surface area contributed by atoms with Crippen LogP contribution in [-0.4, -0.2) is 53.5 Å². The second kappa shape index (κ2) is 11.3. The molecule has 1 aromatic heterocycles. The van der Waals surface area contributed by atoms with E-state index in [1.807, 2.05) is 41.3 Å². The second-order valence-corrected chi connectivity index (χ2v) is 11.6. The van der Waals surface area contributed by atoms with Crippen LogP contribution in [0.3, 0.4) is 0 Å². The Morgan fingerprint density at radius 1 is 0.975 bits per heavy atom. The lowest BCUT2D eigenvalue weighted by Gasteiger charge is -2.31. The van der Waals surface area contributed by atoms with E-state index in [0.29, 0.717) is 22.9 Å². The fraction of sp³-hybridized carbons (Fsp3) is 0.469. The summed E-state index contributed by atoms with van der Waals surface area (Å²) in [6, 6.07) is 11.7. The maximum atomic E-state index is 14.0. The van der Waals surface area contributed by atoms with Gasteiger partial charge in [0.1, 0.15) is 6.54 Å². The number of carbonyl (C=O) groups excluding carboxylic acids is 3. The predicted molar refractivity (Wildman–Crippen MR) is 157 cm³/mol. The summed E-state index contributed by atoms with van der Waals surface area (Å²) < 4.78 is 7.70. The molecule has 2 aromatic carbocycles. The van der Waals surface area contributed by atoms with E-state index in [9.17, 15) is 14.4 Å². The van der Waals surface area contributed by atoms with Gasteiger partial charge in [-0.2, -0.15) is 0 Å². The number of carbonyl (C=O) groups is 3. The molecule has 2 aliphatic heterocycles. The second-order valence-electron chi connectivity index (χ2n) is 11.2. The lowest BCUT2D eigenvalue weighted by molar-refractivity contribution is -0.132. The molecule has 3 heterocycles. The first-order chi connectivity index (χ1) is 19.5. The highest BCUT2D eigenvalue weighted by molar-refractivity contribution is 6.31. The van der Waals surface area contributed by atoms with Gasteiger partial charge in [-0.15, -0.1) is 0 Å². The Balaban J connectivity index is 1.53. The summed E-state index contributed by atoms with van der Waals surface area (Å²) >= 11 is 6.52. The van der Waals surface area contributed by atoms with E-state index in [2.05, 4.69) is 4.57 Å². The summed E-state index contributed by atoms with van der Waals surface area (Å²) in [6.07, 6.45) is 8.91. The Morgan fingerprint density at radius 2 is 1.73 bits per heavy atom. The Labute approximate surface area is 240 Å². The number of esters is 1. The first-order valence-electron chi connectivity index (χ1n) is 14.7. The average Bonchev–Trinajstić information content (AvgIpc) is 3.23. The molecule has 0 N–H and O–H groups in total. The quantitative estimate of drug-likeness (QED) is 0.331. The van der Waals surface area contributed by atoms with E-state index in [1.54, 1.807) is 11.8 Å². The summed E-state index contributed by atoms with van der Waals surface area (Å²) in [5.74, 6) is -0.545. The topological polar surface area (TPSA) is 71.8 Å². The zero-order chi connectivity index (χ0) is 27.8. The van der Waals surface area contributed by atoms with Crippen molar-refractivity contribution in [1.29, 1.82) is 0 Å². The van der Waals surface area contributed by atoms with Crippen molar-refractivity contribution >= 4 is 46.0 Å². The molecule has 3 aromatic rings. The molecule has 7 nitrogen and oxygen atoms in total. The number of hydrogen-bond donors (Lipinski definition) is 0. The summed E-state index contributed by atoms with van der Waals surface area (Å²) in [5, 5.41) is 1.42. The van der Waals surface area contributed by atoms with E-state index in [0.717, 1.165) is 85.8 Å². The molecule has 0 radical (unpaired) electrons. The number of benzene rings is 2. The van der Waals surface area contributed by atoms with Crippen LogP contribution in [0.4, 0.5) is 5.69 Å². The van der Waals surface area contributed by atoms with Crippen molar-refractivity contribution in [3.05, 3.63) is 52.5 Å². The van der Waals surface area contributed by atoms with Crippen molar-refractivity contribution in [1.82, 2.24) is 9.47 Å². The summed E-state index contributed by atoms with van der Waals surface area (Å²) in [7, 11) is 0. The lowest BCUT2D eigenvalue weighted by atomic mass is 9.94. The van der Waals surface area contributed by atoms with Crippen LogP contribution in [-0.2, 0) is 20.7 Å². The van der Waals surface area contributed by atoms with Crippen molar-refractivity contribution in [3.8, 4) is 11.3 Å². The molecule has 0 spiro atoms. The fourth-order valence-corrected chi connectivity index (χ4v) is 6.94. The van der Waals surface area contributed by atoms with Crippen molar-refractivity contribution in [3.63, 3.8) is 0 Å². The number of ether oxygens (including phenoxy) is 1. The van der Waals surface area contributed by atoms with Gasteiger partial charge in [-0.3, -0.25) is 9.59 Å². The maximum absolute atomic E-state index is 14.0. The molecule has 8 heteroatoms. The largest absolute Gasteiger partial charge is 0.462 e. The van der Waals surface area contributed by atoms with E-state index in [-0.39, 0.29) is 36.8 Å². The maximum Gasteiger partial charge on any atom is 0.338 e. The lowest BCUT2D eigenvalue weighted by Crippen LogP contribution is -2.45. The van der Waals surface area contributed by atoms with Gasteiger partial charge in [0.15, 0.2) is 0 Å². The number of likely N-dealkylation sites (tertiary alicyclic amines) is 1. The molecule has 2 fully saturated rings. The molecule has 0 atom stereocenters. The Kier molecular flexibility index (Phi) is 7.58. The van der Waals surface area contributed by atoms with Crippen molar-refractivity contribution < 1.29 is 19.1 Å². The minimum Gasteiger partial charge on any atom is -0.462 e. The summed E-state index contributed by atoms with van der Waals surface area (Å²) in [4.78, 5) is 43.6. The first-order valence-corrected chi connectivity index (χ1v) is 15.1. The summed E-state index contributed by atoms with van der Waals surface area (Å²) in [6.45, 7) is 3.55. The van der Waals surface area contributed by atoms with Crippen LogP contribution in [0.15, 0.2) is 36.4 Å². The molecular formula is C32H36ClN3O4. The van der Waals surface area contributed by atoms with Gasteiger partial charge in [0, 0.05) is 40.6 Å². The van der Waals surface area contributed by atoms with Gasteiger partial charge in [-0.25, -0.2) is 4.79 Å². The molecule has 3 aliphatic rings. The SMILES string of the molecule is CCOC(=O)c1ccc2c(c1)c1c(n2C2CCCCC2)-c2ccc(Cl)cc2N(CC(=O)N2CCCCC2)C(=O)C1. The van der Waals surface area contributed by atoms with Crippen molar-refractivity contribution in [2.75, 3.05) is 31.1 Å². The van der Waals surface area contributed by atoms with E-state index in [1.165, 1.54) is 6.42 Å². The molecular weight excluding hydrogens is 526 g/mol. The molecule has 6 rings (SSSR count). The van der Waals surface area contributed by atoms with Gasteiger partial charge in [0.25, 0.3) is 0 Å². The van der Waals surface area contributed by atoms with Crippen molar-refractivity contribution in [2.45, 2.75) is 70.8 Å². The fourth-order valence-electron chi connectivity index (χ4n) is 6.77. The van der Waals surface area contributed by atoms with Crippen LogP contribution in [0.2, 0.25) is 5.02 Å². The highest BCUT2D eigenvalue weighted by Crippen LogP contribution is 2.46. The Morgan fingerprint density at radius 3 is 2.48 bits per heavy atom. The number of aromatic nitrogens is 1. The standard InChI is InChI=1S/C32H36ClN3O4/c1-2-40-32(39)21-11-14-27-25(17-21)26-19-29(37)35(20-30(38)34-15-7-4-8-16-34)28-18-22(33)12-13-24(28)31(26)36(27)23-9-5-3-6-10-23/h11-14,17-18,23H,2-10,15-16,19-20H2,1H3. The van der Waals surface area contributed by atoms with E-state index in [4.69, 9.17) is 16.3 Å². The smallest absolute Gasteiger partial charge is 0.338 e. The zero-order valence-corrected chi connectivity index (χ0v) is 23.8. The van der Waals surface area contributed by atoms with Crippen LogP contribution in [0.25, 0.3) is 22.2 Å². The minimum atomic E-state index is -0.371. The Hall–Kier alpha value is -3.32. The molecule has 0 bridgehead atoms. The third kappa shape index (κ3) is 4.89. The molecule has 2 amide bonds. The number of fused-ring (bicyclic) bond motifs is 5. The monoisotopic (exact) mass is 561 g/mol. The number of nitrogens with zero attached hydrogens (tertiary/aromatic N) is 3. The average molecular weight is 562 g/mol. The van der Waals surface area contributed by atoms with Crippen LogP contribution in [0.5, 0.6) is 0 Å². The highest BCUT2D eigenvalue weighted by Gasteiger charge is 2.35. The van der Waals surface area contributed by atoms with Gasteiger partial charge in [0.2, 0.25) is 11.8 Å². The molecule has 1 saturated heterocycles. The Bertz CT molecular complexity index is 1470. The molecule has 1 aliphatic carbocycles. The summed E-state index contributed by atoms with van der Waals surface area (Å²) in [5.41, 5.74) is 4.96. The number of piperidine rings is 1. The van der Waals surface area contributed by atoms with Crippen molar-refractivity contribution in [2.24, 2.45) is 0 Å². The van der Waals surface area contributed by atoms with Crippen LogP contribution >= 0.6 is 11.6 Å². The number of anilines is 1. The molecule has 40 heavy (non-hydrogen) atoms. The molecule has 1 saturated carbocycles. The normalized spacial score (nSPS) is 17.9. The van der Waals surface area contributed by atoms with Gasteiger partial charge in [-0.05, 0) is 81.0 Å². The van der Waals surface area contributed by atoms with Gasteiger partial charge >= 0.3 is 5.97 Å². The first kappa shape index (κ1) is 26.9. The number of halogens is 1.